The lowest BCUT2D eigenvalue weighted by molar-refractivity contribution is -0.132. The van der Waals surface area contributed by atoms with E-state index < -0.39 is 0 Å². The van der Waals surface area contributed by atoms with Crippen LogP contribution in [0.5, 0.6) is 0 Å². The number of nitrogens with zero attached hydrogens (tertiary/aromatic N) is 2. The Morgan fingerprint density at radius 1 is 1.09 bits per heavy atom. The molecule has 1 aromatic carbocycles. The summed E-state index contributed by atoms with van der Waals surface area (Å²) in [6, 6.07) is 14.2. The number of carbonyl (C=O) groups excluding carboxylic acids is 2. The molecule has 3 aromatic rings. The molecule has 1 N–H and O–H groups in total. The minimum Gasteiger partial charge on any atom is -0.467 e. The van der Waals surface area contributed by atoms with Crippen LogP contribution in [0.25, 0.3) is 11.8 Å². The maximum absolute atomic E-state index is 12.8. The van der Waals surface area contributed by atoms with Gasteiger partial charge < -0.3 is 19.2 Å². The van der Waals surface area contributed by atoms with E-state index in [2.05, 4.69) is 61.0 Å². The number of rotatable bonds is 6. The fourth-order valence-corrected chi connectivity index (χ4v) is 4.41. The first-order chi connectivity index (χ1) is 15.9. The number of nitrogens with one attached hydrogen (secondary N) is 1. The molecule has 4 rings (SSSR count). The number of likely N-dealkylation sites (tertiary alicyclic amines) is 1. The smallest absolute Gasteiger partial charge is 0.246 e. The van der Waals surface area contributed by atoms with Crippen molar-refractivity contribution in [3.05, 3.63) is 83.1 Å². The zero-order valence-corrected chi connectivity index (χ0v) is 19.5. The average Bonchev–Trinajstić information content (AvgIpc) is 3.44. The summed E-state index contributed by atoms with van der Waals surface area (Å²) in [6.45, 7) is 7.80. The SMILES string of the molecule is Cc1ccc(-n2c(C)cc(/C=C/C(=O)N3CCC(C(=O)NCc4ccco4)CC3)c2C)cc1. The summed E-state index contributed by atoms with van der Waals surface area (Å²) in [5.41, 5.74) is 5.62. The monoisotopic (exact) mass is 445 g/mol. The van der Waals surface area contributed by atoms with Gasteiger partial charge >= 0.3 is 0 Å². The van der Waals surface area contributed by atoms with Crippen LogP contribution in [-0.2, 0) is 16.1 Å². The van der Waals surface area contributed by atoms with Crippen molar-refractivity contribution in [2.75, 3.05) is 13.1 Å². The van der Waals surface area contributed by atoms with Crippen LogP contribution in [0.4, 0.5) is 0 Å². The van der Waals surface area contributed by atoms with E-state index in [0.717, 1.165) is 28.4 Å². The molecular weight excluding hydrogens is 414 g/mol. The summed E-state index contributed by atoms with van der Waals surface area (Å²) in [5, 5.41) is 2.92. The molecule has 0 atom stereocenters. The number of hydrogen-bond donors (Lipinski definition) is 1. The summed E-state index contributed by atoms with van der Waals surface area (Å²) in [7, 11) is 0. The van der Waals surface area contributed by atoms with Gasteiger partial charge in [-0.1, -0.05) is 17.7 Å². The molecule has 33 heavy (non-hydrogen) atoms. The number of benzene rings is 1. The van der Waals surface area contributed by atoms with E-state index in [0.29, 0.717) is 32.5 Å². The van der Waals surface area contributed by atoms with Gasteiger partial charge in [0, 0.05) is 42.2 Å². The van der Waals surface area contributed by atoms with E-state index in [9.17, 15) is 9.59 Å². The van der Waals surface area contributed by atoms with Crippen molar-refractivity contribution in [1.29, 1.82) is 0 Å². The largest absolute Gasteiger partial charge is 0.467 e. The van der Waals surface area contributed by atoms with Crippen molar-refractivity contribution in [1.82, 2.24) is 14.8 Å². The number of aryl methyl sites for hydroxylation is 2. The number of aromatic nitrogens is 1. The highest BCUT2D eigenvalue weighted by molar-refractivity contribution is 5.92. The zero-order valence-electron chi connectivity index (χ0n) is 19.5. The predicted octanol–water partition coefficient (Wildman–Crippen LogP) is 4.56. The number of hydrogen-bond acceptors (Lipinski definition) is 3. The summed E-state index contributed by atoms with van der Waals surface area (Å²) < 4.78 is 7.46. The Labute approximate surface area is 194 Å². The van der Waals surface area contributed by atoms with Crippen molar-refractivity contribution in [2.24, 2.45) is 5.92 Å². The van der Waals surface area contributed by atoms with Crippen LogP contribution in [0, 0.1) is 26.7 Å². The molecule has 3 heterocycles. The second kappa shape index (κ2) is 9.94. The molecule has 1 aliphatic rings. The van der Waals surface area contributed by atoms with E-state index in [1.807, 2.05) is 17.0 Å². The summed E-state index contributed by atoms with van der Waals surface area (Å²) in [4.78, 5) is 27.0. The van der Waals surface area contributed by atoms with Gasteiger partial charge in [0.15, 0.2) is 0 Å². The second-order valence-electron chi connectivity index (χ2n) is 8.73. The number of piperidine rings is 1. The van der Waals surface area contributed by atoms with Gasteiger partial charge in [-0.05, 0) is 75.6 Å². The maximum Gasteiger partial charge on any atom is 0.246 e. The van der Waals surface area contributed by atoms with Crippen molar-refractivity contribution in [3.8, 4) is 5.69 Å². The van der Waals surface area contributed by atoms with Crippen molar-refractivity contribution < 1.29 is 14.0 Å². The third kappa shape index (κ3) is 5.28. The molecule has 0 aliphatic carbocycles. The van der Waals surface area contributed by atoms with Gasteiger partial charge in [0.2, 0.25) is 11.8 Å². The highest BCUT2D eigenvalue weighted by Gasteiger charge is 2.26. The Hall–Kier alpha value is -3.54. The Kier molecular flexibility index (Phi) is 6.82. The van der Waals surface area contributed by atoms with Crippen LogP contribution < -0.4 is 5.32 Å². The van der Waals surface area contributed by atoms with Crippen LogP contribution in [0.15, 0.2) is 59.2 Å². The Morgan fingerprint density at radius 3 is 2.48 bits per heavy atom. The van der Waals surface area contributed by atoms with Gasteiger partial charge in [0.05, 0.1) is 12.8 Å². The van der Waals surface area contributed by atoms with Gasteiger partial charge in [-0.2, -0.15) is 0 Å². The highest BCUT2D eigenvalue weighted by atomic mass is 16.3. The normalized spacial score (nSPS) is 14.7. The minimum atomic E-state index is -0.0681. The molecule has 0 radical (unpaired) electrons. The third-order valence-corrected chi connectivity index (χ3v) is 6.36. The zero-order chi connectivity index (χ0) is 23.4. The molecule has 1 fully saturated rings. The fraction of sp³-hybridized carbons (Fsp3) is 0.333. The van der Waals surface area contributed by atoms with E-state index in [4.69, 9.17) is 4.42 Å². The van der Waals surface area contributed by atoms with E-state index in [1.165, 1.54) is 5.56 Å². The Morgan fingerprint density at radius 2 is 1.82 bits per heavy atom. The van der Waals surface area contributed by atoms with Crippen molar-refractivity contribution in [2.45, 2.75) is 40.2 Å². The number of carbonyl (C=O) groups is 2. The first kappa shape index (κ1) is 22.6. The van der Waals surface area contributed by atoms with E-state index >= 15 is 0 Å². The lowest BCUT2D eigenvalue weighted by atomic mass is 9.96. The van der Waals surface area contributed by atoms with Crippen LogP contribution in [0.3, 0.4) is 0 Å². The quantitative estimate of drug-likeness (QED) is 0.566. The Balaban J connectivity index is 1.33. The third-order valence-electron chi connectivity index (χ3n) is 6.36. The maximum atomic E-state index is 12.8. The number of furan rings is 1. The summed E-state index contributed by atoms with van der Waals surface area (Å²) in [5.74, 6) is 0.687. The molecule has 0 bridgehead atoms. The van der Waals surface area contributed by atoms with Gasteiger partial charge in [-0.25, -0.2) is 0 Å². The summed E-state index contributed by atoms with van der Waals surface area (Å²) >= 11 is 0. The molecule has 2 aromatic heterocycles. The molecule has 0 unspecified atom stereocenters. The van der Waals surface area contributed by atoms with Gasteiger partial charge in [0.1, 0.15) is 5.76 Å². The summed E-state index contributed by atoms with van der Waals surface area (Å²) in [6.07, 6.45) is 6.49. The second-order valence-corrected chi connectivity index (χ2v) is 8.73. The van der Waals surface area contributed by atoms with Gasteiger partial charge in [-0.15, -0.1) is 0 Å². The lowest BCUT2D eigenvalue weighted by Gasteiger charge is -2.30. The fourth-order valence-electron chi connectivity index (χ4n) is 4.41. The predicted molar refractivity (Wildman–Crippen MR) is 129 cm³/mol. The highest BCUT2D eigenvalue weighted by Crippen LogP contribution is 2.23. The molecule has 0 spiro atoms. The van der Waals surface area contributed by atoms with Crippen molar-refractivity contribution in [3.63, 3.8) is 0 Å². The van der Waals surface area contributed by atoms with Crippen molar-refractivity contribution >= 4 is 17.9 Å². The van der Waals surface area contributed by atoms with Crippen LogP contribution in [0.2, 0.25) is 0 Å². The average molecular weight is 446 g/mol. The van der Waals surface area contributed by atoms with Crippen LogP contribution in [-0.4, -0.2) is 34.4 Å². The van der Waals surface area contributed by atoms with E-state index in [1.54, 1.807) is 18.4 Å². The standard InChI is InChI=1S/C27H31N3O3/c1-19-6-9-24(10-7-19)30-20(2)17-23(21(30)3)8-11-26(31)29-14-12-22(13-15-29)27(32)28-18-25-5-4-16-33-25/h4-11,16-17,22H,12-15,18H2,1-3H3,(H,28,32)/b11-8+. The molecule has 0 saturated carbocycles. The first-order valence-corrected chi connectivity index (χ1v) is 11.5. The number of amides is 2. The van der Waals surface area contributed by atoms with E-state index in [-0.39, 0.29) is 17.7 Å². The molecule has 1 aliphatic heterocycles. The molecular formula is C27H31N3O3. The first-order valence-electron chi connectivity index (χ1n) is 11.5. The lowest BCUT2D eigenvalue weighted by Crippen LogP contribution is -2.42. The van der Waals surface area contributed by atoms with Crippen LogP contribution in [0.1, 0.15) is 41.1 Å². The molecule has 6 nitrogen and oxygen atoms in total. The van der Waals surface area contributed by atoms with Gasteiger partial charge in [-0.3, -0.25) is 9.59 Å². The molecule has 6 heteroatoms. The topological polar surface area (TPSA) is 67.5 Å². The molecule has 172 valence electrons. The molecule has 2 amide bonds. The minimum absolute atomic E-state index is 0.00965. The Bertz CT molecular complexity index is 1130. The van der Waals surface area contributed by atoms with Crippen LogP contribution >= 0.6 is 0 Å². The van der Waals surface area contributed by atoms with Gasteiger partial charge in [0.25, 0.3) is 0 Å². The molecule has 1 saturated heterocycles.